The second kappa shape index (κ2) is 9.33. The maximum atomic E-state index is 13.6. The Morgan fingerprint density at radius 1 is 1.31 bits per heavy atom. The first kappa shape index (κ1) is 21.6. The SMILES string of the molecule is O=C(CSc1nc2sc3c(c2c(=O)n1CC1CCCO1)CCCC3)Nc1cccc(F)c1. The van der Waals surface area contributed by atoms with Crippen LogP contribution in [0.15, 0.2) is 34.2 Å². The quantitative estimate of drug-likeness (QED) is 0.425. The van der Waals surface area contributed by atoms with Gasteiger partial charge in [0.1, 0.15) is 10.6 Å². The van der Waals surface area contributed by atoms with Crippen molar-refractivity contribution < 1.29 is 13.9 Å². The number of ether oxygens (including phenoxy) is 1. The highest BCUT2D eigenvalue weighted by molar-refractivity contribution is 7.99. The zero-order valence-corrected chi connectivity index (χ0v) is 19.2. The Balaban J connectivity index is 1.43. The number of halogens is 1. The molecule has 1 aliphatic heterocycles. The molecule has 32 heavy (non-hydrogen) atoms. The first-order chi connectivity index (χ1) is 15.6. The van der Waals surface area contributed by atoms with Crippen molar-refractivity contribution in [2.75, 3.05) is 17.7 Å². The molecular weight excluding hydrogens is 449 g/mol. The van der Waals surface area contributed by atoms with Crippen LogP contribution in [0.4, 0.5) is 10.1 Å². The van der Waals surface area contributed by atoms with Gasteiger partial charge in [-0.15, -0.1) is 11.3 Å². The summed E-state index contributed by atoms with van der Waals surface area (Å²) in [6.45, 7) is 1.15. The average Bonchev–Trinajstić information content (AvgIpc) is 3.42. The Kier molecular flexibility index (Phi) is 6.30. The molecule has 3 aromatic rings. The third-order valence-corrected chi connectivity index (χ3v) is 8.05. The summed E-state index contributed by atoms with van der Waals surface area (Å²) in [4.78, 5) is 32.9. The minimum absolute atomic E-state index is 0.0121. The third-order valence-electron chi connectivity index (χ3n) is 5.89. The molecule has 6 nitrogen and oxygen atoms in total. The summed E-state index contributed by atoms with van der Waals surface area (Å²) in [6, 6.07) is 5.79. The van der Waals surface area contributed by atoms with E-state index in [4.69, 9.17) is 9.72 Å². The minimum Gasteiger partial charge on any atom is -0.376 e. The number of aryl methyl sites for hydroxylation is 2. The van der Waals surface area contributed by atoms with Crippen LogP contribution in [0.3, 0.4) is 0 Å². The number of hydrogen-bond donors (Lipinski definition) is 1. The number of nitrogens with one attached hydrogen (secondary N) is 1. The van der Waals surface area contributed by atoms with E-state index in [0.29, 0.717) is 24.0 Å². The van der Waals surface area contributed by atoms with Crippen LogP contribution >= 0.6 is 23.1 Å². The van der Waals surface area contributed by atoms with E-state index in [1.54, 1.807) is 28.0 Å². The highest BCUT2D eigenvalue weighted by atomic mass is 32.2. The van der Waals surface area contributed by atoms with E-state index < -0.39 is 5.82 Å². The summed E-state index contributed by atoms with van der Waals surface area (Å²) < 4.78 is 20.9. The highest BCUT2D eigenvalue weighted by Crippen LogP contribution is 2.35. The number of thioether (sulfide) groups is 1. The van der Waals surface area contributed by atoms with Crippen LogP contribution in [-0.2, 0) is 28.9 Å². The van der Waals surface area contributed by atoms with Crippen LogP contribution in [0.1, 0.15) is 36.1 Å². The number of carbonyl (C=O) groups excluding carboxylic acids is 1. The van der Waals surface area contributed by atoms with Gasteiger partial charge >= 0.3 is 0 Å². The van der Waals surface area contributed by atoms with Crippen molar-refractivity contribution in [3.63, 3.8) is 0 Å². The van der Waals surface area contributed by atoms with E-state index in [1.165, 1.54) is 28.8 Å². The molecule has 1 aromatic carbocycles. The normalized spacial score (nSPS) is 18.1. The summed E-state index contributed by atoms with van der Waals surface area (Å²) in [7, 11) is 0. The molecular formula is C23H24FN3O3S2. The Bertz CT molecular complexity index is 1220. The summed E-state index contributed by atoms with van der Waals surface area (Å²) in [5.74, 6) is -0.607. The summed E-state index contributed by atoms with van der Waals surface area (Å²) in [5, 5.41) is 3.98. The number of anilines is 1. The lowest BCUT2D eigenvalue weighted by atomic mass is 9.97. The van der Waals surface area contributed by atoms with E-state index in [-0.39, 0.29) is 23.3 Å². The van der Waals surface area contributed by atoms with Gasteiger partial charge in [-0.1, -0.05) is 17.8 Å². The van der Waals surface area contributed by atoms with Gasteiger partial charge < -0.3 is 10.1 Å². The molecule has 1 saturated heterocycles. The number of aromatic nitrogens is 2. The predicted octanol–water partition coefficient (Wildman–Crippen LogP) is 4.39. The first-order valence-corrected chi connectivity index (χ1v) is 12.7. The van der Waals surface area contributed by atoms with E-state index in [2.05, 4.69) is 5.32 Å². The molecule has 0 saturated carbocycles. The van der Waals surface area contributed by atoms with Gasteiger partial charge in [0.05, 0.1) is 23.8 Å². The fraction of sp³-hybridized carbons (Fsp3) is 0.435. The minimum atomic E-state index is -0.408. The summed E-state index contributed by atoms with van der Waals surface area (Å²) >= 11 is 2.84. The lowest BCUT2D eigenvalue weighted by Crippen LogP contribution is -2.29. The van der Waals surface area contributed by atoms with Gasteiger partial charge in [-0.3, -0.25) is 14.2 Å². The molecule has 168 valence electrons. The average molecular weight is 474 g/mol. The fourth-order valence-electron chi connectivity index (χ4n) is 4.38. The topological polar surface area (TPSA) is 73.2 Å². The number of fused-ring (bicyclic) bond motifs is 3. The predicted molar refractivity (Wildman–Crippen MR) is 125 cm³/mol. The van der Waals surface area contributed by atoms with Crippen molar-refractivity contribution in [1.29, 1.82) is 0 Å². The first-order valence-electron chi connectivity index (χ1n) is 10.9. The van der Waals surface area contributed by atoms with Crippen molar-refractivity contribution in [2.24, 2.45) is 0 Å². The van der Waals surface area contributed by atoms with Gasteiger partial charge in [-0.05, 0) is 62.3 Å². The molecule has 1 amide bonds. The fourth-order valence-corrected chi connectivity index (χ4v) is 6.49. The Hall–Kier alpha value is -2.23. The van der Waals surface area contributed by atoms with Crippen LogP contribution in [0.5, 0.6) is 0 Å². The number of hydrogen-bond acceptors (Lipinski definition) is 6. The standard InChI is InChI=1S/C23H24FN3O3S2/c24-14-5-3-6-15(11-14)25-19(28)13-31-23-26-21-20(17-8-1-2-9-18(17)32-21)22(29)27(23)12-16-7-4-10-30-16/h3,5-6,11,16H,1-2,4,7-10,12-13H2,(H,25,28). The van der Waals surface area contributed by atoms with E-state index >= 15 is 0 Å². The highest BCUT2D eigenvalue weighted by Gasteiger charge is 2.25. The molecule has 2 aromatic heterocycles. The number of amides is 1. The third kappa shape index (κ3) is 4.46. The second-order valence-electron chi connectivity index (χ2n) is 8.18. The molecule has 2 aliphatic rings. The molecule has 1 atom stereocenters. The van der Waals surface area contributed by atoms with Crippen LogP contribution in [-0.4, -0.2) is 33.9 Å². The maximum Gasteiger partial charge on any atom is 0.263 e. The van der Waals surface area contributed by atoms with Crippen molar-refractivity contribution in [2.45, 2.75) is 56.3 Å². The van der Waals surface area contributed by atoms with E-state index in [0.717, 1.165) is 54.3 Å². The lowest BCUT2D eigenvalue weighted by Gasteiger charge is -2.16. The van der Waals surface area contributed by atoms with E-state index in [9.17, 15) is 14.0 Å². The molecule has 1 aliphatic carbocycles. The molecule has 0 bridgehead atoms. The number of rotatable bonds is 6. The van der Waals surface area contributed by atoms with Gasteiger partial charge in [0.25, 0.3) is 5.56 Å². The second-order valence-corrected chi connectivity index (χ2v) is 10.2. The van der Waals surface area contributed by atoms with Gasteiger partial charge in [-0.25, -0.2) is 9.37 Å². The van der Waals surface area contributed by atoms with Gasteiger partial charge in [0.15, 0.2) is 5.16 Å². The zero-order valence-electron chi connectivity index (χ0n) is 17.6. The largest absolute Gasteiger partial charge is 0.376 e. The molecule has 1 fully saturated rings. The lowest BCUT2D eigenvalue weighted by molar-refractivity contribution is -0.113. The summed E-state index contributed by atoms with van der Waals surface area (Å²) in [6.07, 6.45) is 6.06. The van der Waals surface area contributed by atoms with Crippen LogP contribution < -0.4 is 10.9 Å². The molecule has 1 unspecified atom stereocenters. The zero-order chi connectivity index (χ0) is 22.1. The Labute approximate surface area is 193 Å². The van der Waals surface area contributed by atoms with Gasteiger partial charge in [0, 0.05) is 17.2 Å². The number of carbonyl (C=O) groups is 1. The molecule has 3 heterocycles. The smallest absolute Gasteiger partial charge is 0.263 e. The van der Waals surface area contributed by atoms with Gasteiger partial charge in [0.2, 0.25) is 5.91 Å². The van der Waals surface area contributed by atoms with Crippen LogP contribution in [0.2, 0.25) is 0 Å². The maximum absolute atomic E-state index is 13.6. The van der Waals surface area contributed by atoms with Crippen molar-refractivity contribution in [3.8, 4) is 0 Å². The molecule has 5 rings (SSSR count). The van der Waals surface area contributed by atoms with Crippen molar-refractivity contribution >= 4 is 44.9 Å². The monoisotopic (exact) mass is 473 g/mol. The van der Waals surface area contributed by atoms with Gasteiger partial charge in [-0.2, -0.15) is 0 Å². The molecule has 0 radical (unpaired) electrons. The number of benzene rings is 1. The summed E-state index contributed by atoms with van der Waals surface area (Å²) in [5.41, 5.74) is 1.54. The Morgan fingerprint density at radius 3 is 3.00 bits per heavy atom. The van der Waals surface area contributed by atoms with Crippen molar-refractivity contribution in [3.05, 3.63) is 50.9 Å². The Morgan fingerprint density at radius 2 is 2.19 bits per heavy atom. The molecule has 1 N–H and O–H groups in total. The van der Waals surface area contributed by atoms with Crippen LogP contribution in [0, 0.1) is 5.82 Å². The van der Waals surface area contributed by atoms with Crippen LogP contribution in [0.25, 0.3) is 10.2 Å². The number of thiophene rings is 1. The van der Waals surface area contributed by atoms with E-state index in [1.807, 2.05) is 0 Å². The van der Waals surface area contributed by atoms with Crippen molar-refractivity contribution in [1.82, 2.24) is 9.55 Å². The molecule has 9 heteroatoms. The molecule has 0 spiro atoms. The number of nitrogens with zero attached hydrogens (tertiary/aromatic N) is 2.